The van der Waals surface area contributed by atoms with E-state index in [0.29, 0.717) is 19.8 Å². The van der Waals surface area contributed by atoms with Crippen LogP contribution in [-0.2, 0) is 66.3 Å². The zero-order chi connectivity index (χ0) is 36.5. The molecule has 5 atom stereocenters. The molecule has 0 spiro atoms. The Hall–Kier alpha value is -4.87. The first-order valence-electron chi connectivity index (χ1n) is 17.9. The van der Waals surface area contributed by atoms with Gasteiger partial charge in [-0.2, -0.15) is 0 Å². The van der Waals surface area contributed by atoms with Crippen molar-refractivity contribution in [3.63, 3.8) is 0 Å². The molecule has 0 bridgehead atoms. The maximum Gasteiger partial charge on any atom is 0.248 e. The topological polar surface area (TPSA) is 93.7 Å². The summed E-state index contributed by atoms with van der Waals surface area (Å²) in [4.78, 5) is 13.5. The third-order valence-electron chi connectivity index (χ3n) is 8.85. The zero-order valence-corrected chi connectivity index (χ0v) is 30.0. The van der Waals surface area contributed by atoms with Gasteiger partial charge in [0.25, 0.3) is 0 Å². The molecule has 1 fully saturated rings. The van der Waals surface area contributed by atoms with Gasteiger partial charge in [0.15, 0.2) is 6.23 Å². The second-order valence-corrected chi connectivity index (χ2v) is 12.8. The Morgan fingerprint density at radius 1 is 0.528 bits per heavy atom. The lowest BCUT2D eigenvalue weighted by atomic mass is 9.96. The van der Waals surface area contributed by atoms with Crippen LogP contribution in [0.3, 0.4) is 0 Å². The lowest BCUT2D eigenvalue weighted by Gasteiger charge is -2.46. The van der Waals surface area contributed by atoms with Crippen molar-refractivity contribution in [3.8, 4) is 5.75 Å². The van der Waals surface area contributed by atoms with E-state index in [-0.39, 0.29) is 32.3 Å². The molecule has 0 radical (unpaired) electrons. The molecule has 1 aliphatic heterocycles. The fourth-order valence-corrected chi connectivity index (χ4v) is 6.09. The summed E-state index contributed by atoms with van der Waals surface area (Å²) in [6, 6.07) is 47.3. The number of carbonyl (C=O) groups excluding carboxylic acids is 1. The van der Waals surface area contributed by atoms with E-state index in [0.717, 1.165) is 33.6 Å². The van der Waals surface area contributed by atoms with E-state index in [2.05, 4.69) is 5.32 Å². The summed E-state index contributed by atoms with van der Waals surface area (Å²) >= 11 is 0. The molecule has 1 saturated heterocycles. The molecule has 0 aliphatic carbocycles. The molecule has 0 saturated carbocycles. The normalized spacial score (nSPS) is 19.8. The average Bonchev–Trinajstić information content (AvgIpc) is 3.21. The summed E-state index contributed by atoms with van der Waals surface area (Å²) in [5.41, 5.74) is 4.92. The molecule has 53 heavy (non-hydrogen) atoms. The van der Waals surface area contributed by atoms with Gasteiger partial charge in [-0.15, -0.1) is 0 Å². The number of methoxy groups -OCH3 is 1. The molecule has 6 rings (SSSR count). The third-order valence-corrected chi connectivity index (χ3v) is 8.85. The number of rotatable bonds is 19. The van der Waals surface area contributed by atoms with Crippen LogP contribution in [0.2, 0.25) is 0 Å². The average molecular weight is 718 g/mol. The predicted octanol–water partition coefficient (Wildman–Crippen LogP) is 7.03. The van der Waals surface area contributed by atoms with E-state index < -0.39 is 30.6 Å². The van der Waals surface area contributed by atoms with E-state index in [1.807, 2.05) is 146 Å². The first kappa shape index (κ1) is 37.9. The Morgan fingerprint density at radius 2 is 0.962 bits per heavy atom. The molecule has 9 nitrogen and oxygen atoms in total. The van der Waals surface area contributed by atoms with Gasteiger partial charge in [0.05, 0.1) is 46.8 Å². The standard InChI is InChI=1S/C44H47NO8/c1-47-38-24-22-37(23-25-38)27-49-32-40(46)45-44-43(52-30-36-20-12-5-13-21-36)42(51-29-35-18-10-4-11-19-35)41(50-28-34-16-8-3-9-17-34)39(53-44)31-48-26-33-14-6-2-7-15-33/h2-25,39,41-44H,26-32H2,1H3,(H,45,46)/t39-,41-,42+,43-,44-/m1/s1. The number of amides is 1. The van der Waals surface area contributed by atoms with Gasteiger partial charge in [-0.05, 0) is 39.9 Å². The van der Waals surface area contributed by atoms with E-state index in [9.17, 15) is 4.79 Å². The number of carbonyl (C=O) groups is 1. The van der Waals surface area contributed by atoms with Crippen molar-refractivity contribution in [2.24, 2.45) is 0 Å². The summed E-state index contributed by atoms with van der Waals surface area (Å²) in [5.74, 6) is 0.395. The lowest BCUT2D eigenvalue weighted by Crippen LogP contribution is -2.65. The Kier molecular flexibility index (Phi) is 14.6. The summed E-state index contributed by atoms with van der Waals surface area (Å²) in [6.45, 7) is 1.51. The zero-order valence-electron chi connectivity index (χ0n) is 30.0. The molecule has 0 aromatic heterocycles. The van der Waals surface area contributed by atoms with Crippen LogP contribution in [0.5, 0.6) is 5.75 Å². The van der Waals surface area contributed by atoms with Crippen LogP contribution < -0.4 is 10.1 Å². The Morgan fingerprint density at radius 3 is 1.47 bits per heavy atom. The van der Waals surface area contributed by atoms with Crippen LogP contribution >= 0.6 is 0 Å². The molecule has 1 heterocycles. The monoisotopic (exact) mass is 717 g/mol. The first-order valence-corrected chi connectivity index (χ1v) is 17.9. The highest BCUT2D eigenvalue weighted by Gasteiger charge is 2.49. The van der Waals surface area contributed by atoms with Crippen molar-refractivity contribution in [2.75, 3.05) is 20.3 Å². The molecule has 1 amide bonds. The minimum atomic E-state index is -0.904. The van der Waals surface area contributed by atoms with Crippen LogP contribution in [0.1, 0.15) is 27.8 Å². The summed E-state index contributed by atoms with van der Waals surface area (Å²) < 4.78 is 44.1. The van der Waals surface area contributed by atoms with Gasteiger partial charge in [-0.25, -0.2) is 0 Å². The highest BCUT2D eigenvalue weighted by Crippen LogP contribution is 2.30. The van der Waals surface area contributed by atoms with Crippen LogP contribution in [0.4, 0.5) is 0 Å². The number of benzene rings is 5. The molecule has 0 unspecified atom stereocenters. The maximum atomic E-state index is 13.5. The first-order chi connectivity index (χ1) is 26.1. The van der Waals surface area contributed by atoms with E-state index in [1.54, 1.807) is 7.11 Å². The Bertz CT molecular complexity index is 1760. The summed E-state index contributed by atoms with van der Waals surface area (Å²) in [6.07, 6.45) is -3.55. The third kappa shape index (κ3) is 11.8. The van der Waals surface area contributed by atoms with Crippen molar-refractivity contribution in [2.45, 2.75) is 63.7 Å². The lowest BCUT2D eigenvalue weighted by molar-refractivity contribution is -0.277. The number of hydrogen-bond acceptors (Lipinski definition) is 8. The minimum Gasteiger partial charge on any atom is -0.497 e. The van der Waals surface area contributed by atoms with Crippen LogP contribution in [0.15, 0.2) is 146 Å². The van der Waals surface area contributed by atoms with E-state index >= 15 is 0 Å². The van der Waals surface area contributed by atoms with Gasteiger partial charge in [0.2, 0.25) is 5.91 Å². The smallest absolute Gasteiger partial charge is 0.248 e. The molecule has 5 aromatic rings. The maximum absolute atomic E-state index is 13.5. The van der Waals surface area contributed by atoms with Crippen molar-refractivity contribution in [3.05, 3.63) is 173 Å². The molecule has 1 N–H and O–H groups in total. The largest absolute Gasteiger partial charge is 0.497 e. The van der Waals surface area contributed by atoms with Crippen molar-refractivity contribution >= 4 is 5.91 Å². The molecular formula is C44H47NO8. The van der Waals surface area contributed by atoms with Crippen molar-refractivity contribution in [1.29, 1.82) is 0 Å². The fourth-order valence-electron chi connectivity index (χ4n) is 6.09. The van der Waals surface area contributed by atoms with Crippen LogP contribution in [-0.4, -0.2) is 56.9 Å². The van der Waals surface area contributed by atoms with Gasteiger partial charge in [-0.3, -0.25) is 4.79 Å². The molecule has 276 valence electrons. The SMILES string of the molecule is COc1ccc(COCC(=O)N[C@@H]2O[C@H](COCc3ccccc3)[C@@H](OCc3ccccc3)[C@H](OCc3ccccc3)[C@H]2OCc2ccccc2)cc1. The van der Waals surface area contributed by atoms with Gasteiger partial charge in [0, 0.05) is 0 Å². The minimum absolute atomic E-state index is 0.185. The van der Waals surface area contributed by atoms with Gasteiger partial charge < -0.3 is 38.5 Å². The second-order valence-electron chi connectivity index (χ2n) is 12.8. The van der Waals surface area contributed by atoms with Crippen LogP contribution in [0, 0.1) is 0 Å². The number of hydrogen-bond donors (Lipinski definition) is 1. The second kappa shape index (κ2) is 20.4. The van der Waals surface area contributed by atoms with E-state index in [1.165, 1.54) is 0 Å². The molecule has 1 aliphatic rings. The van der Waals surface area contributed by atoms with Crippen molar-refractivity contribution in [1.82, 2.24) is 5.32 Å². The Balaban J connectivity index is 1.25. The Labute approximate surface area is 311 Å². The highest BCUT2D eigenvalue weighted by atomic mass is 16.6. The number of ether oxygens (including phenoxy) is 7. The van der Waals surface area contributed by atoms with Crippen LogP contribution in [0.25, 0.3) is 0 Å². The summed E-state index contributed by atoms with van der Waals surface area (Å²) in [7, 11) is 1.62. The molecular weight excluding hydrogens is 670 g/mol. The highest BCUT2D eigenvalue weighted by molar-refractivity contribution is 5.77. The fraction of sp³-hybridized carbons (Fsp3) is 0.295. The van der Waals surface area contributed by atoms with Crippen molar-refractivity contribution < 1.29 is 38.0 Å². The molecule has 9 heteroatoms. The van der Waals surface area contributed by atoms with Gasteiger partial charge in [0.1, 0.15) is 36.8 Å². The quantitative estimate of drug-likeness (QED) is 0.0975. The molecule has 5 aromatic carbocycles. The summed E-state index contributed by atoms with van der Waals surface area (Å²) in [5, 5.41) is 3.05. The van der Waals surface area contributed by atoms with E-state index in [4.69, 9.17) is 33.2 Å². The van der Waals surface area contributed by atoms with Gasteiger partial charge >= 0.3 is 0 Å². The van der Waals surface area contributed by atoms with Gasteiger partial charge in [-0.1, -0.05) is 133 Å². The predicted molar refractivity (Wildman–Crippen MR) is 201 cm³/mol. The number of nitrogens with one attached hydrogen (secondary N) is 1.